The van der Waals surface area contributed by atoms with Gasteiger partial charge in [0.25, 0.3) is 0 Å². The number of rotatable bonds is 2. The van der Waals surface area contributed by atoms with Crippen LogP contribution in [0.4, 0.5) is 0 Å². The maximum atomic E-state index is 2.44. The molecule has 0 radical (unpaired) electrons. The molecule has 0 aromatic carbocycles. The van der Waals surface area contributed by atoms with Gasteiger partial charge in [0.2, 0.25) is 0 Å². The van der Waals surface area contributed by atoms with Gasteiger partial charge in [-0.05, 0) is 0 Å². The fraction of sp³-hybridized carbons (Fsp3) is 1.00. The summed E-state index contributed by atoms with van der Waals surface area (Å²) in [5.74, 6) is 0. The molecule has 0 amide bonds. The molecule has 0 spiro atoms. The predicted molar refractivity (Wildman–Crippen MR) is 29.6 cm³/mol. The van der Waals surface area contributed by atoms with Gasteiger partial charge in [-0.3, -0.25) is 0 Å². The van der Waals surface area contributed by atoms with Crippen LogP contribution in [0.1, 0.15) is 0 Å². The van der Waals surface area contributed by atoms with E-state index in [0.29, 0.717) is 0 Å². The van der Waals surface area contributed by atoms with E-state index in [9.17, 15) is 0 Å². The van der Waals surface area contributed by atoms with Crippen molar-refractivity contribution in [3.05, 3.63) is 0 Å². The molecule has 0 unspecified atom stereocenters. The van der Waals surface area contributed by atoms with Crippen molar-refractivity contribution in [1.82, 2.24) is 0 Å². The second kappa shape index (κ2) is 5.60. The van der Waals surface area contributed by atoms with E-state index >= 15 is 0 Å². The van der Waals surface area contributed by atoms with E-state index in [1.54, 1.807) is 4.18 Å². The molecular formula is C3H7HfI. The Bertz CT molecular complexity index is 14.4. The summed E-state index contributed by atoms with van der Waals surface area (Å²) in [5.41, 5.74) is 0. The molecule has 0 bridgehead atoms. The molecule has 0 fully saturated rings. The molecule has 30 valence electrons. The summed E-state index contributed by atoms with van der Waals surface area (Å²) in [5, 5.41) is 0. The number of halogens is 1. The van der Waals surface area contributed by atoms with Crippen LogP contribution in [0.15, 0.2) is 0 Å². The van der Waals surface area contributed by atoms with Crippen LogP contribution in [0.2, 0.25) is 8.86 Å². The van der Waals surface area contributed by atoms with E-state index < -0.39 is 0 Å². The third kappa shape index (κ3) is 5.60. The van der Waals surface area contributed by atoms with Gasteiger partial charge in [-0.15, -0.1) is 0 Å². The first kappa shape index (κ1) is 6.60. The summed E-state index contributed by atoms with van der Waals surface area (Å²) in [7, 11) is 0. The van der Waals surface area contributed by atoms with Gasteiger partial charge in [0, 0.05) is 0 Å². The zero-order valence-corrected chi connectivity index (χ0v) is 9.04. The Hall–Kier alpha value is 1.60. The minimum absolute atomic E-state index is 0.0346. The van der Waals surface area contributed by atoms with Crippen LogP contribution >= 0.6 is 22.6 Å². The number of hydrogen-bond acceptors (Lipinski definition) is 0. The van der Waals surface area contributed by atoms with Crippen LogP contribution in [0.25, 0.3) is 0 Å². The first-order chi connectivity index (χ1) is 2.41. The molecule has 0 aliphatic heterocycles. The Balaban J connectivity index is 2.19. The molecule has 0 saturated carbocycles. The molecule has 0 aliphatic carbocycles. The molecule has 0 N–H and O–H groups in total. The Labute approximate surface area is 58.2 Å². The standard InChI is InChI=1S/C2H4I.CH3.Hf/c1-2-3;;/h1-2H2;1H3;. The van der Waals surface area contributed by atoms with Gasteiger partial charge in [-0.1, -0.05) is 0 Å². The second-order valence-corrected chi connectivity index (χ2v) is 6.21. The Morgan fingerprint density at radius 2 is 2.40 bits per heavy atom. The van der Waals surface area contributed by atoms with Crippen LogP contribution in [0.3, 0.4) is 0 Å². The van der Waals surface area contributed by atoms with Crippen molar-refractivity contribution < 1.29 is 22.9 Å². The monoisotopic (exact) mass is 350 g/mol. The summed E-state index contributed by atoms with van der Waals surface area (Å²) < 4.78 is 5.37. The van der Waals surface area contributed by atoms with Gasteiger partial charge >= 0.3 is 58.8 Å². The molecule has 5 heavy (non-hydrogen) atoms. The molecule has 0 nitrogen and oxygen atoms in total. The number of hydrogen-bond donors (Lipinski definition) is 0. The second-order valence-electron chi connectivity index (χ2n) is 0.793. The average Bonchev–Trinajstić information content (AvgIpc) is 1.41. The maximum absolute atomic E-state index is 2.44. The van der Waals surface area contributed by atoms with Gasteiger partial charge in [-0.25, -0.2) is 0 Å². The van der Waals surface area contributed by atoms with E-state index in [2.05, 4.69) is 27.3 Å². The minimum atomic E-state index is 0.0346. The molecule has 0 saturated heterocycles. The summed E-state index contributed by atoms with van der Waals surface area (Å²) in [4.78, 5) is 0. The normalized spacial score (nSPS) is 7.60. The summed E-state index contributed by atoms with van der Waals surface area (Å²) in [6.45, 7) is 0. The van der Waals surface area contributed by atoms with Crippen molar-refractivity contribution in [3.8, 4) is 0 Å². The van der Waals surface area contributed by atoms with Crippen molar-refractivity contribution >= 4 is 22.6 Å². The topological polar surface area (TPSA) is 0 Å². The molecule has 0 aromatic rings. The van der Waals surface area contributed by atoms with Gasteiger partial charge < -0.3 is 0 Å². The summed E-state index contributed by atoms with van der Waals surface area (Å²) >= 11 is 2.47. The van der Waals surface area contributed by atoms with Gasteiger partial charge in [0.05, 0.1) is 0 Å². The molecule has 2 heteroatoms. The SMILES string of the molecule is [CH3][Hf][CH2]CI. The van der Waals surface area contributed by atoms with E-state index in [1.807, 2.05) is 0 Å². The first-order valence-corrected chi connectivity index (χ1v) is 9.28. The Morgan fingerprint density at radius 3 is 2.40 bits per heavy atom. The van der Waals surface area contributed by atoms with E-state index in [0.717, 1.165) is 0 Å². The van der Waals surface area contributed by atoms with Crippen LogP contribution < -0.4 is 0 Å². The van der Waals surface area contributed by atoms with Crippen molar-refractivity contribution in [2.75, 3.05) is 4.43 Å². The summed E-state index contributed by atoms with van der Waals surface area (Å²) in [6, 6.07) is 0. The van der Waals surface area contributed by atoms with Crippen LogP contribution in [0.5, 0.6) is 0 Å². The molecule has 0 atom stereocenters. The third-order valence-electron chi connectivity index (χ3n) is 0.344. The fourth-order valence-corrected chi connectivity index (χ4v) is 5.19. The molecule has 0 rings (SSSR count). The molecule has 0 aromatic heterocycles. The van der Waals surface area contributed by atoms with Crippen molar-refractivity contribution in [2.24, 2.45) is 0 Å². The van der Waals surface area contributed by atoms with E-state index in [1.165, 1.54) is 4.43 Å². The molecule has 0 aliphatic rings. The summed E-state index contributed by atoms with van der Waals surface area (Å²) in [6.07, 6.45) is 0. The first-order valence-electron chi connectivity index (χ1n) is 1.62. The van der Waals surface area contributed by atoms with Gasteiger partial charge in [0.15, 0.2) is 0 Å². The van der Waals surface area contributed by atoms with Crippen molar-refractivity contribution in [3.63, 3.8) is 0 Å². The van der Waals surface area contributed by atoms with Crippen molar-refractivity contribution in [1.29, 1.82) is 0 Å². The average molecular weight is 348 g/mol. The van der Waals surface area contributed by atoms with E-state index in [-0.39, 0.29) is 22.9 Å². The number of alkyl halides is 1. The van der Waals surface area contributed by atoms with Gasteiger partial charge in [-0.2, -0.15) is 0 Å². The zero-order chi connectivity index (χ0) is 4.12. The Kier molecular flexibility index (Phi) is 7.39. The fourth-order valence-electron chi connectivity index (χ4n) is 0.0945. The van der Waals surface area contributed by atoms with Crippen LogP contribution in [0, 0.1) is 0 Å². The van der Waals surface area contributed by atoms with E-state index in [4.69, 9.17) is 0 Å². The quantitative estimate of drug-likeness (QED) is 0.407. The third-order valence-corrected chi connectivity index (χ3v) is 7.23. The zero-order valence-electron chi connectivity index (χ0n) is 3.29. The van der Waals surface area contributed by atoms with Crippen molar-refractivity contribution in [2.45, 2.75) is 8.86 Å². The predicted octanol–water partition coefficient (Wildman–Crippen LogP) is 1.97. The van der Waals surface area contributed by atoms with Gasteiger partial charge in [0.1, 0.15) is 0 Å². The van der Waals surface area contributed by atoms with Crippen LogP contribution in [-0.4, -0.2) is 4.43 Å². The molecular weight excluding hydrogens is 341 g/mol. The van der Waals surface area contributed by atoms with Crippen LogP contribution in [-0.2, 0) is 22.9 Å². The Morgan fingerprint density at radius 1 is 1.80 bits per heavy atom. The molecule has 0 heterocycles.